The van der Waals surface area contributed by atoms with Gasteiger partial charge in [0.1, 0.15) is 5.82 Å². The number of pyridine rings is 1. The molecule has 4 nitrogen and oxygen atoms in total. The van der Waals surface area contributed by atoms with Crippen molar-refractivity contribution in [3.63, 3.8) is 0 Å². The van der Waals surface area contributed by atoms with Crippen molar-refractivity contribution in [2.75, 3.05) is 6.54 Å². The summed E-state index contributed by atoms with van der Waals surface area (Å²) in [5, 5.41) is 4.01. The lowest BCUT2D eigenvalue weighted by Gasteiger charge is -2.10. The summed E-state index contributed by atoms with van der Waals surface area (Å²) < 4.78 is 1.97. The third-order valence-electron chi connectivity index (χ3n) is 3.05. The van der Waals surface area contributed by atoms with Crippen LogP contribution in [0.2, 0.25) is 5.02 Å². The average molecular weight is 293 g/mol. The number of nitrogens with one attached hydrogen (secondary N) is 1. The first-order valence-corrected chi connectivity index (χ1v) is 7.51. The molecular weight excluding hydrogens is 272 g/mol. The second kappa shape index (κ2) is 7.41. The van der Waals surface area contributed by atoms with Crippen LogP contribution < -0.4 is 5.32 Å². The molecule has 0 aliphatic heterocycles. The second-order valence-electron chi connectivity index (χ2n) is 4.79. The topological polar surface area (TPSA) is 42.7 Å². The molecule has 108 valence electrons. The van der Waals surface area contributed by atoms with Gasteiger partial charge >= 0.3 is 0 Å². The van der Waals surface area contributed by atoms with E-state index in [0.717, 1.165) is 49.6 Å². The molecule has 0 spiro atoms. The molecule has 0 unspecified atom stereocenters. The number of hydrogen-bond acceptors (Lipinski definition) is 3. The monoisotopic (exact) mass is 292 g/mol. The Kier molecular flexibility index (Phi) is 5.56. The largest absolute Gasteiger partial charge is 0.313 e. The summed E-state index contributed by atoms with van der Waals surface area (Å²) in [6.45, 7) is 6.08. The van der Waals surface area contributed by atoms with Crippen LogP contribution in [0.4, 0.5) is 0 Å². The molecule has 2 rings (SSSR count). The first kappa shape index (κ1) is 15.0. The lowest BCUT2D eigenvalue weighted by atomic mass is 10.2. The standard InChI is InChI=1S/C15H21ClN4/c1-3-5-14-18-7-8-20(14)15-13(16)9-12(11-19-15)10-17-6-4-2/h7-9,11,17H,3-6,10H2,1-2H3. The van der Waals surface area contributed by atoms with Gasteiger partial charge in [-0.3, -0.25) is 4.57 Å². The van der Waals surface area contributed by atoms with Crippen molar-refractivity contribution in [2.45, 2.75) is 39.7 Å². The number of aromatic nitrogens is 3. The fraction of sp³-hybridized carbons (Fsp3) is 0.467. The summed E-state index contributed by atoms with van der Waals surface area (Å²) >= 11 is 6.37. The fourth-order valence-corrected chi connectivity index (χ4v) is 2.37. The van der Waals surface area contributed by atoms with Gasteiger partial charge in [-0.25, -0.2) is 9.97 Å². The Morgan fingerprint density at radius 2 is 2.10 bits per heavy atom. The summed E-state index contributed by atoms with van der Waals surface area (Å²) in [7, 11) is 0. The van der Waals surface area contributed by atoms with Gasteiger partial charge in [0, 0.05) is 31.6 Å². The van der Waals surface area contributed by atoms with Crippen LogP contribution in [0.5, 0.6) is 0 Å². The van der Waals surface area contributed by atoms with Crippen LogP contribution in [0.3, 0.4) is 0 Å². The van der Waals surface area contributed by atoms with Gasteiger partial charge < -0.3 is 5.32 Å². The molecule has 0 radical (unpaired) electrons. The maximum absolute atomic E-state index is 6.37. The van der Waals surface area contributed by atoms with E-state index in [2.05, 4.69) is 29.1 Å². The van der Waals surface area contributed by atoms with Gasteiger partial charge in [0.2, 0.25) is 0 Å². The molecular formula is C15H21ClN4. The third-order valence-corrected chi connectivity index (χ3v) is 3.33. The molecule has 2 aromatic rings. The molecule has 20 heavy (non-hydrogen) atoms. The molecule has 0 saturated heterocycles. The zero-order valence-corrected chi connectivity index (χ0v) is 12.8. The van der Waals surface area contributed by atoms with Crippen molar-refractivity contribution in [3.05, 3.63) is 41.1 Å². The Labute approximate surface area is 125 Å². The smallest absolute Gasteiger partial charge is 0.156 e. The van der Waals surface area contributed by atoms with Crippen LogP contribution in [-0.2, 0) is 13.0 Å². The number of hydrogen-bond donors (Lipinski definition) is 1. The highest BCUT2D eigenvalue weighted by Gasteiger charge is 2.10. The SMILES string of the molecule is CCCNCc1cnc(-n2ccnc2CCC)c(Cl)c1. The maximum Gasteiger partial charge on any atom is 0.156 e. The zero-order valence-electron chi connectivity index (χ0n) is 12.1. The number of imidazole rings is 1. The van der Waals surface area contributed by atoms with Gasteiger partial charge in [0.05, 0.1) is 5.02 Å². The lowest BCUT2D eigenvalue weighted by Crippen LogP contribution is -2.14. The van der Waals surface area contributed by atoms with Gasteiger partial charge in [-0.15, -0.1) is 0 Å². The highest BCUT2D eigenvalue weighted by Crippen LogP contribution is 2.21. The third kappa shape index (κ3) is 3.58. The molecule has 0 bridgehead atoms. The Balaban J connectivity index is 2.18. The van der Waals surface area contributed by atoms with E-state index in [0.29, 0.717) is 5.02 Å². The first-order valence-electron chi connectivity index (χ1n) is 7.14. The summed E-state index contributed by atoms with van der Waals surface area (Å²) in [6.07, 6.45) is 8.67. The van der Waals surface area contributed by atoms with E-state index in [9.17, 15) is 0 Å². The minimum atomic E-state index is 0.663. The van der Waals surface area contributed by atoms with Gasteiger partial charge in [-0.05, 0) is 31.0 Å². The number of nitrogens with zero attached hydrogens (tertiary/aromatic N) is 3. The summed E-state index contributed by atoms with van der Waals surface area (Å²) in [6, 6.07) is 1.97. The fourth-order valence-electron chi connectivity index (χ4n) is 2.09. The van der Waals surface area contributed by atoms with Gasteiger partial charge in [0.15, 0.2) is 5.82 Å². The molecule has 0 fully saturated rings. The van der Waals surface area contributed by atoms with Gasteiger partial charge in [0.25, 0.3) is 0 Å². The molecule has 0 atom stereocenters. The Bertz CT molecular complexity index is 551. The first-order chi connectivity index (χ1) is 9.76. The molecule has 5 heteroatoms. The van der Waals surface area contributed by atoms with E-state index in [1.165, 1.54) is 0 Å². The van der Waals surface area contributed by atoms with Crippen LogP contribution in [0.1, 0.15) is 38.1 Å². The second-order valence-corrected chi connectivity index (χ2v) is 5.20. The molecule has 0 amide bonds. The summed E-state index contributed by atoms with van der Waals surface area (Å²) in [4.78, 5) is 8.85. The van der Waals surface area contributed by atoms with Crippen molar-refractivity contribution in [1.29, 1.82) is 0 Å². The molecule has 0 saturated carbocycles. The maximum atomic E-state index is 6.37. The van der Waals surface area contributed by atoms with Crippen molar-refractivity contribution in [2.24, 2.45) is 0 Å². The molecule has 0 aliphatic rings. The van der Waals surface area contributed by atoms with Gasteiger partial charge in [-0.1, -0.05) is 25.4 Å². The molecule has 0 aromatic carbocycles. The number of rotatable bonds is 7. The minimum Gasteiger partial charge on any atom is -0.313 e. The molecule has 2 heterocycles. The van der Waals surface area contributed by atoms with Crippen LogP contribution >= 0.6 is 11.6 Å². The number of aryl methyl sites for hydroxylation is 1. The number of halogens is 1. The Hall–Kier alpha value is -1.39. The molecule has 0 aliphatic carbocycles. The highest BCUT2D eigenvalue weighted by atomic mass is 35.5. The quantitative estimate of drug-likeness (QED) is 0.796. The molecule has 1 N–H and O–H groups in total. The van der Waals surface area contributed by atoms with Crippen LogP contribution in [0.15, 0.2) is 24.7 Å². The van der Waals surface area contributed by atoms with Crippen LogP contribution in [0, 0.1) is 0 Å². The average Bonchev–Trinajstić information content (AvgIpc) is 2.88. The van der Waals surface area contributed by atoms with E-state index in [1.54, 1.807) is 6.20 Å². The van der Waals surface area contributed by atoms with Crippen molar-refractivity contribution >= 4 is 11.6 Å². The van der Waals surface area contributed by atoms with E-state index in [1.807, 2.05) is 23.0 Å². The predicted octanol–water partition coefficient (Wildman–Crippen LogP) is 3.37. The van der Waals surface area contributed by atoms with E-state index in [4.69, 9.17) is 11.6 Å². The Morgan fingerprint density at radius 3 is 2.80 bits per heavy atom. The van der Waals surface area contributed by atoms with Crippen molar-refractivity contribution in [1.82, 2.24) is 19.9 Å². The lowest BCUT2D eigenvalue weighted by molar-refractivity contribution is 0.673. The Morgan fingerprint density at radius 1 is 1.25 bits per heavy atom. The van der Waals surface area contributed by atoms with E-state index < -0.39 is 0 Å². The zero-order chi connectivity index (χ0) is 14.4. The predicted molar refractivity (Wildman–Crippen MR) is 82.4 cm³/mol. The normalized spacial score (nSPS) is 10.9. The van der Waals surface area contributed by atoms with Gasteiger partial charge in [-0.2, -0.15) is 0 Å². The summed E-state index contributed by atoms with van der Waals surface area (Å²) in [5.41, 5.74) is 1.10. The van der Waals surface area contributed by atoms with E-state index >= 15 is 0 Å². The van der Waals surface area contributed by atoms with Crippen LogP contribution in [-0.4, -0.2) is 21.1 Å². The summed E-state index contributed by atoms with van der Waals surface area (Å²) in [5.74, 6) is 1.76. The molecule has 2 aromatic heterocycles. The van der Waals surface area contributed by atoms with E-state index in [-0.39, 0.29) is 0 Å². The van der Waals surface area contributed by atoms with Crippen LogP contribution in [0.25, 0.3) is 5.82 Å². The highest BCUT2D eigenvalue weighted by molar-refractivity contribution is 6.32. The van der Waals surface area contributed by atoms with Crippen molar-refractivity contribution in [3.8, 4) is 5.82 Å². The minimum absolute atomic E-state index is 0.663. The van der Waals surface area contributed by atoms with Crippen molar-refractivity contribution < 1.29 is 0 Å².